The fourth-order valence-corrected chi connectivity index (χ4v) is 3.68. The van der Waals surface area contributed by atoms with E-state index >= 15 is 0 Å². The molecule has 4 rings (SSSR count). The van der Waals surface area contributed by atoms with Crippen LogP contribution in [0.1, 0.15) is 28.4 Å². The molecule has 144 valence electrons. The van der Waals surface area contributed by atoms with Gasteiger partial charge in [0.05, 0.1) is 20.3 Å². The SMILES string of the molecule is COc1ccccc1[C@]1(C)NC(=O)N(CC(=O)c2ccc3c(c2)CCO3)C1=O. The highest BCUT2D eigenvalue weighted by molar-refractivity contribution is 6.11. The van der Waals surface area contributed by atoms with Crippen LogP contribution in [0, 0.1) is 0 Å². The van der Waals surface area contributed by atoms with Gasteiger partial charge in [-0.05, 0) is 36.8 Å². The number of Topliss-reactive ketones (excluding diaryl/α,β-unsaturated/α-hetero) is 1. The first-order chi connectivity index (χ1) is 13.4. The van der Waals surface area contributed by atoms with E-state index in [0.29, 0.717) is 23.5 Å². The molecule has 1 saturated heterocycles. The molecule has 2 heterocycles. The third-order valence-electron chi connectivity index (χ3n) is 5.23. The van der Waals surface area contributed by atoms with Crippen LogP contribution in [0.4, 0.5) is 4.79 Å². The van der Waals surface area contributed by atoms with E-state index in [9.17, 15) is 14.4 Å². The highest BCUT2D eigenvalue weighted by Crippen LogP contribution is 2.35. The first kappa shape index (κ1) is 18.0. The fraction of sp³-hybridized carbons (Fsp3) is 0.286. The molecule has 1 atom stereocenters. The molecular weight excluding hydrogens is 360 g/mol. The normalized spacial score (nSPS) is 20.6. The number of carbonyl (C=O) groups is 3. The van der Waals surface area contributed by atoms with Crippen molar-refractivity contribution in [3.05, 3.63) is 59.2 Å². The van der Waals surface area contributed by atoms with Crippen molar-refractivity contribution in [1.29, 1.82) is 0 Å². The van der Waals surface area contributed by atoms with Crippen molar-refractivity contribution in [2.24, 2.45) is 0 Å². The van der Waals surface area contributed by atoms with E-state index in [-0.39, 0.29) is 12.3 Å². The summed E-state index contributed by atoms with van der Waals surface area (Å²) in [6, 6.07) is 11.6. The summed E-state index contributed by atoms with van der Waals surface area (Å²) < 4.78 is 10.8. The van der Waals surface area contributed by atoms with Crippen LogP contribution in [0.15, 0.2) is 42.5 Å². The smallest absolute Gasteiger partial charge is 0.325 e. The third-order valence-corrected chi connectivity index (χ3v) is 5.23. The maximum Gasteiger partial charge on any atom is 0.325 e. The standard InChI is InChI=1S/C21H20N2O5/c1-21(15-5-3-4-6-18(15)27-2)19(25)23(20(26)22-21)12-16(24)13-7-8-17-14(11-13)9-10-28-17/h3-8,11H,9-10,12H2,1-2H3,(H,22,26)/t21-/m0/s1. The number of rotatable bonds is 5. The molecule has 1 fully saturated rings. The predicted octanol–water partition coefficient (Wildman–Crippen LogP) is 2.28. The number of carbonyl (C=O) groups excluding carboxylic acids is 3. The van der Waals surface area contributed by atoms with Gasteiger partial charge in [-0.2, -0.15) is 0 Å². The molecule has 2 aromatic carbocycles. The van der Waals surface area contributed by atoms with E-state index in [0.717, 1.165) is 22.6 Å². The Hall–Kier alpha value is -3.35. The molecule has 7 nitrogen and oxygen atoms in total. The minimum Gasteiger partial charge on any atom is -0.496 e. The maximum absolute atomic E-state index is 13.1. The number of methoxy groups -OCH3 is 1. The minimum atomic E-state index is -1.30. The number of nitrogens with zero attached hydrogens (tertiary/aromatic N) is 1. The summed E-state index contributed by atoms with van der Waals surface area (Å²) >= 11 is 0. The van der Waals surface area contributed by atoms with E-state index in [1.807, 2.05) is 0 Å². The molecule has 1 N–H and O–H groups in total. The monoisotopic (exact) mass is 380 g/mol. The van der Waals surface area contributed by atoms with E-state index in [2.05, 4.69) is 5.32 Å². The summed E-state index contributed by atoms with van der Waals surface area (Å²) in [5.41, 5.74) is 0.661. The number of hydrogen-bond acceptors (Lipinski definition) is 5. The van der Waals surface area contributed by atoms with E-state index in [1.54, 1.807) is 49.4 Å². The van der Waals surface area contributed by atoms with E-state index in [1.165, 1.54) is 7.11 Å². The lowest BCUT2D eigenvalue weighted by atomic mass is 9.91. The van der Waals surface area contributed by atoms with Crippen LogP contribution < -0.4 is 14.8 Å². The number of imide groups is 1. The van der Waals surface area contributed by atoms with Gasteiger partial charge < -0.3 is 14.8 Å². The largest absolute Gasteiger partial charge is 0.496 e. The van der Waals surface area contributed by atoms with Crippen LogP contribution in [-0.2, 0) is 16.8 Å². The van der Waals surface area contributed by atoms with Crippen molar-refractivity contribution in [2.75, 3.05) is 20.3 Å². The Balaban J connectivity index is 1.58. The average molecular weight is 380 g/mol. The van der Waals surface area contributed by atoms with Crippen molar-refractivity contribution in [2.45, 2.75) is 18.9 Å². The molecule has 0 saturated carbocycles. The molecule has 2 aromatic rings. The second-order valence-corrected chi connectivity index (χ2v) is 6.99. The first-order valence-corrected chi connectivity index (χ1v) is 9.00. The van der Waals surface area contributed by atoms with Gasteiger partial charge in [0.15, 0.2) is 5.78 Å². The van der Waals surface area contributed by atoms with Gasteiger partial charge in [0.1, 0.15) is 17.0 Å². The highest BCUT2D eigenvalue weighted by Gasteiger charge is 2.50. The average Bonchev–Trinajstić information content (AvgIpc) is 3.26. The number of para-hydroxylation sites is 1. The molecule has 7 heteroatoms. The summed E-state index contributed by atoms with van der Waals surface area (Å²) in [5.74, 6) is 0.475. The molecule has 0 bridgehead atoms. The van der Waals surface area contributed by atoms with Crippen molar-refractivity contribution in [3.8, 4) is 11.5 Å². The maximum atomic E-state index is 13.1. The molecule has 0 radical (unpaired) electrons. The Morgan fingerprint density at radius 3 is 2.82 bits per heavy atom. The zero-order valence-corrected chi connectivity index (χ0v) is 15.7. The molecule has 0 aromatic heterocycles. The Labute approximate surface area is 162 Å². The Morgan fingerprint density at radius 2 is 2.04 bits per heavy atom. The number of urea groups is 1. The predicted molar refractivity (Wildman–Crippen MR) is 101 cm³/mol. The number of fused-ring (bicyclic) bond motifs is 1. The molecule has 2 aliphatic rings. The first-order valence-electron chi connectivity index (χ1n) is 9.00. The van der Waals surface area contributed by atoms with Crippen LogP contribution in [0.5, 0.6) is 11.5 Å². The molecule has 3 amide bonds. The lowest BCUT2D eigenvalue weighted by Gasteiger charge is -2.24. The number of amides is 3. The minimum absolute atomic E-state index is 0.303. The number of benzene rings is 2. The molecule has 0 aliphatic carbocycles. The van der Waals surface area contributed by atoms with Crippen LogP contribution in [-0.4, -0.2) is 42.9 Å². The van der Waals surface area contributed by atoms with Crippen LogP contribution in [0.3, 0.4) is 0 Å². The summed E-state index contributed by atoms with van der Waals surface area (Å²) in [6.45, 7) is 1.88. The Bertz CT molecular complexity index is 987. The fourth-order valence-electron chi connectivity index (χ4n) is 3.68. The van der Waals surface area contributed by atoms with Gasteiger partial charge in [0.2, 0.25) is 0 Å². The number of ketones is 1. The van der Waals surface area contributed by atoms with Crippen molar-refractivity contribution in [1.82, 2.24) is 10.2 Å². The van der Waals surface area contributed by atoms with Gasteiger partial charge in [-0.1, -0.05) is 18.2 Å². The lowest BCUT2D eigenvalue weighted by Crippen LogP contribution is -2.41. The summed E-state index contributed by atoms with van der Waals surface area (Å²) in [4.78, 5) is 39.3. The van der Waals surface area contributed by atoms with Gasteiger partial charge in [-0.15, -0.1) is 0 Å². The zero-order chi connectivity index (χ0) is 19.9. The molecule has 0 unspecified atom stereocenters. The second-order valence-electron chi connectivity index (χ2n) is 6.99. The number of nitrogens with one attached hydrogen (secondary N) is 1. The van der Waals surface area contributed by atoms with Gasteiger partial charge in [0.25, 0.3) is 5.91 Å². The number of ether oxygens (including phenoxy) is 2. The molecule has 28 heavy (non-hydrogen) atoms. The molecular formula is C21H20N2O5. The highest BCUT2D eigenvalue weighted by atomic mass is 16.5. The van der Waals surface area contributed by atoms with Crippen molar-refractivity contribution >= 4 is 17.7 Å². The van der Waals surface area contributed by atoms with Crippen LogP contribution >= 0.6 is 0 Å². The lowest BCUT2D eigenvalue weighted by molar-refractivity contribution is -0.130. The van der Waals surface area contributed by atoms with Gasteiger partial charge in [-0.3, -0.25) is 14.5 Å². The third kappa shape index (κ3) is 2.79. The summed E-state index contributed by atoms with van der Waals surface area (Å²) in [6.07, 6.45) is 0.742. The van der Waals surface area contributed by atoms with Gasteiger partial charge >= 0.3 is 6.03 Å². The van der Waals surface area contributed by atoms with Crippen LogP contribution in [0.2, 0.25) is 0 Å². The van der Waals surface area contributed by atoms with Gasteiger partial charge in [-0.25, -0.2) is 4.79 Å². The number of hydrogen-bond donors (Lipinski definition) is 1. The Kier molecular flexibility index (Phi) is 4.30. The molecule has 2 aliphatic heterocycles. The van der Waals surface area contributed by atoms with E-state index < -0.39 is 17.5 Å². The second kappa shape index (κ2) is 6.67. The summed E-state index contributed by atoms with van der Waals surface area (Å²) in [5, 5.41) is 2.70. The van der Waals surface area contributed by atoms with Gasteiger partial charge in [0, 0.05) is 17.5 Å². The van der Waals surface area contributed by atoms with Crippen molar-refractivity contribution < 1.29 is 23.9 Å². The van der Waals surface area contributed by atoms with Crippen molar-refractivity contribution in [3.63, 3.8) is 0 Å². The summed E-state index contributed by atoms with van der Waals surface area (Å²) in [7, 11) is 1.50. The quantitative estimate of drug-likeness (QED) is 0.635. The van der Waals surface area contributed by atoms with E-state index in [4.69, 9.17) is 9.47 Å². The van der Waals surface area contributed by atoms with Crippen LogP contribution in [0.25, 0.3) is 0 Å². The topological polar surface area (TPSA) is 84.9 Å². The molecule has 0 spiro atoms. The Morgan fingerprint density at radius 1 is 1.25 bits per heavy atom. The zero-order valence-electron chi connectivity index (χ0n) is 15.7.